The molecule has 0 aliphatic carbocycles. The molecule has 6 rings (SSSR count). The first-order valence-corrected chi connectivity index (χ1v) is 19.6. The number of nitrogen functional groups attached to an aromatic ring is 2. The van der Waals surface area contributed by atoms with Crippen LogP contribution in [0.1, 0.15) is 93.5 Å². The average Bonchev–Trinajstić information content (AvgIpc) is 3.86. The Morgan fingerprint density at radius 3 is 1.41 bits per heavy atom. The summed E-state index contributed by atoms with van der Waals surface area (Å²) in [6.45, 7) is 14.6. The van der Waals surface area contributed by atoms with Crippen molar-refractivity contribution in [3.05, 3.63) is 40.0 Å². The molecule has 54 heavy (non-hydrogen) atoms. The number of H-pyrrole nitrogens is 2. The summed E-state index contributed by atoms with van der Waals surface area (Å²) in [5.74, 6) is -0.881. The fourth-order valence-electron chi connectivity index (χ4n) is 7.09. The molecular weight excluding hydrogens is 745 g/mol. The van der Waals surface area contributed by atoms with Crippen molar-refractivity contribution < 1.29 is 28.5 Å². The van der Waals surface area contributed by atoms with E-state index in [1.807, 2.05) is 0 Å². The Bertz CT molecular complexity index is 2080. The highest BCUT2D eigenvalue weighted by Crippen LogP contribution is 2.43. The van der Waals surface area contributed by atoms with Crippen LogP contribution in [0.3, 0.4) is 0 Å². The van der Waals surface area contributed by atoms with E-state index in [9.17, 15) is 28.8 Å². The zero-order valence-electron chi connectivity index (χ0n) is 31.4. The number of rotatable bonds is 10. The minimum absolute atomic E-state index is 0.0693. The lowest BCUT2D eigenvalue weighted by Crippen LogP contribution is -2.32. The molecule has 0 amide bonds. The zero-order valence-corrected chi connectivity index (χ0v) is 33.1. The predicted octanol–water partition coefficient (Wildman–Crippen LogP) is 3.26. The van der Waals surface area contributed by atoms with Crippen LogP contribution in [0.15, 0.2) is 19.2 Å². The minimum atomic E-state index is -0.687. The Balaban J connectivity index is 0.000000208. The number of fused-ring (bicyclic) bond motifs is 2. The number of carbonyl (C=O) groups excluding carboxylic acids is 2. The third kappa shape index (κ3) is 8.30. The second-order valence-electron chi connectivity index (χ2n) is 14.0. The summed E-state index contributed by atoms with van der Waals surface area (Å²) in [6.07, 6.45) is 0.625. The summed E-state index contributed by atoms with van der Waals surface area (Å²) in [5.41, 5.74) is 10.8. The van der Waals surface area contributed by atoms with Gasteiger partial charge in [-0.1, -0.05) is 63.2 Å². The van der Waals surface area contributed by atoms with E-state index in [0.717, 1.165) is 35.5 Å². The Morgan fingerprint density at radius 2 is 1.09 bits per heavy atom. The molecule has 0 aromatic carbocycles. The summed E-state index contributed by atoms with van der Waals surface area (Å²) in [6, 6.07) is 0. The highest BCUT2D eigenvalue weighted by atomic mass is 32.1. The number of esters is 2. The summed E-state index contributed by atoms with van der Waals surface area (Å²) in [4.78, 5) is 84.9. The molecule has 0 unspecified atom stereocenters. The number of thiazole rings is 2. The molecule has 4 aromatic rings. The van der Waals surface area contributed by atoms with Crippen LogP contribution in [0.2, 0.25) is 0 Å². The van der Waals surface area contributed by atoms with Gasteiger partial charge in [-0.05, 0) is 38.5 Å². The summed E-state index contributed by atoms with van der Waals surface area (Å²) < 4.78 is 26.4. The lowest BCUT2D eigenvalue weighted by molar-refractivity contribution is -0.151. The van der Waals surface area contributed by atoms with Crippen molar-refractivity contribution in [3.8, 4) is 0 Å². The van der Waals surface area contributed by atoms with Crippen LogP contribution in [-0.4, -0.2) is 65.4 Å². The van der Waals surface area contributed by atoms with Gasteiger partial charge in [-0.25, -0.2) is 0 Å². The van der Waals surface area contributed by atoms with Gasteiger partial charge < -0.3 is 30.4 Å². The third-order valence-electron chi connectivity index (χ3n) is 10.3. The number of nitrogens with zero attached hydrogens (tertiary/aromatic N) is 4. The van der Waals surface area contributed by atoms with Crippen LogP contribution >= 0.6 is 22.7 Å². The fraction of sp³-hybridized carbons (Fsp3) is 0.647. The van der Waals surface area contributed by atoms with Crippen LogP contribution < -0.4 is 32.3 Å². The van der Waals surface area contributed by atoms with Gasteiger partial charge in [0.15, 0.2) is 11.3 Å². The molecule has 4 aromatic heterocycles. The number of nitrogens with one attached hydrogen (secondary N) is 2. The number of aromatic amines is 2. The number of aromatic nitrogens is 6. The van der Waals surface area contributed by atoms with Crippen molar-refractivity contribution in [1.82, 2.24) is 29.1 Å². The van der Waals surface area contributed by atoms with Gasteiger partial charge in [0.2, 0.25) is 11.9 Å². The fourth-order valence-corrected chi connectivity index (χ4v) is 8.77. The standard InChI is InChI=1S/2C17H24N4O5S/c2*1-5-7(2)11-6-10(8(3)25-9(4)22)15(26-11)21-13-12(27-17(21)24)14(23)20-16(18)19-13/h2*7-8,10-11,15H,5-6H2,1-4H3,(H3,18,19,20,23)/t7-,8+,10-,11-,15+;7-,8-,10-,11-,15+/m00/s1. The number of carbonyl (C=O) groups is 2. The Morgan fingerprint density at radius 1 is 0.741 bits per heavy atom. The molecule has 6 heterocycles. The van der Waals surface area contributed by atoms with Gasteiger partial charge in [-0.15, -0.1) is 0 Å². The molecule has 20 heteroatoms. The molecule has 2 aliphatic rings. The molecule has 2 aliphatic heterocycles. The number of anilines is 2. The van der Waals surface area contributed by atoms with Crippen LogP contribution in [-0.2, 0) is 28.5 Å². The molecule has 18 nitrogen and oxygen atoms in total. The van der Waals surface area contributed by atoms with Gasteiger partial charge in [0, 0.05) is 25.7 Å². The van der Waals surface area contributed by atoms with Gasteiger partial charge >= 0.3 is 21.7 Å². The van der Waals surface area contributed by atoms with Crippen molar-refractivity contribution in [2.24, 2.45) is 23.7 Å². The third-order valence-corrected chi connectivity index (χ3v) is 12.2. The van der Waals surface area contributed by atoms with Gasteiger partial charge in [0.1, 0.15) is 34.1 Å². The Hall–Kier alpha value is -4.40. The molecular formula is C34H48N8O10S2. The predicted molar refractivity (Wildman–Crippen MR) is 203 cm³/mol. The van der Waals surface area contributed by atoms with Gasteiger partial charge in [-0.2, -0.15) is 9.97 Å². The average molecular weight is 793 g/mol. The maximum atomic E-state index is 12.7. The Kier molecular flexibility index (Phi) is 12.5. The quantitative estimate of drug-likeness (QED) is 0.168. The first-order valence-electron chi connectivity index (χ1n) is 17.9. The van der Waals surface area contributed by atoms with E-state index in [0.29, 0.717) is 12.8 Å². The summed E-state index contributed by atoms with van der Waals surface area (Å²) in [5, 5.41) is 0. The second-order valence-corrected chi connectivity index (χ2v) is 15.9. The zero-order chi connectivity index (χ0) is 39.8. The van der Waals surface area contributed by atoms with E-state index in [1.165, 1.54) is 23.0 Å². The van der Waals surface area contributed by atoms with E-state index in [4.69, 9.17) is 30.4 Å². The highest BCUT2D eigenvalue weighted by Gasteiger charge is 2.45. The van der Waals surface area contributed by atoms with E-state index in [2.05, 4.69) is 47.6 Å². The van der Waals surface area contributed by atoms with Crippen molar-refractivity contribution >= 4 is 67.2 Å². The lowest BCUT2D eigenvalue weighted by Gasteiger charge is -2.24. The van der Waals surface area contributed by atoms with Gasteiger partial charge in [0.05, 0.1) is 12.2 Å². The van der Waals surface area contributed by atoms with Crippen LogP contribution in [0.25, 0.3) is 20.7 Å². The smallest absolute Gasteiger partial charge is 0.311 e. The number of ether oxygens (including phenoxy) is 4. The van der Waals surface area contributed by atoms with Crippen LogP contribution in [0.4, 0.5) is 11.9 Å². The topological polar surface area (TPSA) is 259 Å². The lowest BCUT2D eigenvalue weighted by atomic mass is 9.91. The van der Waals surface area contributed by atoms with Crippen molar-refractivity contribution in [2.75, 3.05) is 11.5 Å². The molecule has 2 saturated heterocycles. The van der Waals surface area contributed by atoms with Crippen LogP contribution in [0.5, 0.6) is 0 Å². The molecule has 0 spiro atoms. The molecule has 10 atom stereocenters. The molecule has 6 N–H and O–H groups in total. The highest BCUT2D eigenvalue weighted by molar-refractivity contribution is 7.16. The molecule has 0 saturated carbocycles. The van der Waals surface area contributed by atoms with Crippen molar-refractivity contribution in [2.45, 2.75) is 118 Å². The van der Waals surface area contributed by atoms with Crippen LogP contribution in [0, 0.1) is 23.7 Å². The summed E-state index contributed by atoms with van der Waals surface area (Å²) >= 11 is 1.60. The largest absolute Gasteiger partial charge is 0.462 e. The summed E-state index contributed by atoms with van der Waals surface area (Å²) in [7, 11) is 0. The maximum Gasteiger partial charge on any atom is 0.311 e. The monoisotopic (exact) mass is 792 g/mol. The molecule has 0 radical (unpaired) electrons. The molecule has 2 fully saturated rings. The van der Waals surface area contributed by atoms with E-state index in [1.54, 1.807) is 13.8 Å². The van der Waals surface area contributed by atoms with Gasteiger partial charge in [-0.3, -0.25) is 47.9 Å². The first-order chi connectivity index (χ1) is 25.4. The van der Waals surface area contributed by atoms with E-state index < -0.39 is 47.7 Å². The normalized spacial score (nSPS) is 24.8. The minimum Gasteiger partial charge on any atom is -0.462 e. The second kappa shape index (κ2) is 16.5. The van der Waals surface area contributed by atoms with Crippen molar-refractivity contribution in [1.29, 1.82) is 0 Å². The van der Waals surface area contributed by atoms with E-state index >= 15 is 0 Å². The molecule has 296 valence electrons. The number of hydrogen-bond acceptors (Lipinski definition) is 16. The number of nitrogens with two attached hydrogens (primary N) is 2. The van der Waals surface area contributed by atoms with E-state index in [-0.39, 0.29) is 78.2 Å². The molecule has 0 bridgehead atoms. The van der Waals surface area contributed by atoms with Gasteiger partial charge in [0.25, 0.3) is 11.1 Å². The maximum absolute atomic E-state index is 12.7. The SMILES string of the molecule is CC[C@H](C)[C@@H]1C[C@@H]([C@@H](C)OC(C)=O)[C@H](n2c(=O)sc3c(=O)[nH]c(N)nc32)O1.CC[C@H](C)[C@@H]1C[C@@H]([C@H](C)OC(C)=O)[C@H](n2c(=O)sc3c(=O)[nH]c(N)nc32)O1. The number of hydrogen-bond donors (Lipinski definition) is 4. The Labute approximate surface area is 317 Å². The van der Waals surface area contributed by atoms with Crippen molar-refractivity contribution in [3.63, 3.8) is 0 Å². The first kappa shape index (κ1) is 40.8.